The molecule has 0 N–H and O–H groups in total. The van der Waals surface area contributed by atoms with Gasteiger partial charge in [-0.25, -0.2) is 4.79 Å². The smallest absolute Gasteiger partial charge is 0.354 e. The third kappa shape index (κ3) is 6.23. The summed E-state index contributed by atoms with van der Waals surface area (Å²) < 4.78 is 10.3. The van der Waals surface area contributed by atoms with E-state index in [1.165, 1.54) is 7.11 Å². The van der Waals surface area contributed by atoms with Gasteiger partial charge in [-0.2, -0.15) is 0 Å². The summed E-state index contributed by atoms with van der Waals surface area (Å²) in [7, 11) is 1.25. The van der Waals surface area contributed by atoms with Crippen LogP contribution >= 0.6 is 0 Å². The van der Waals surface area contributed by atoms with Crippen molar-refractivity contribution < 1.29 is 19.1 Å². The van der Waals surface area contributed by atoms with Crippen molar-refractivity contribution in [3.05, 3.63) is 101 Å². The van der Waals surface area contributed by atoms with E-state index in [9.17, 15) is 9.59 Å². The molecule has 0 bridgehead atoms. The molecule has 0 spiro atoms. The van der Waals surface area contributed by atoms with E-state index in [4.69, 9.17) is 9.47 Å². The maximum Gasteiger partial charge on any atom is 0.354 e. The van der Waals surface area contributed by atoms with Gasteiger partial charge in [0.15, 0.2) is 11.5 Å². The number of carbonyl (C=O) groups excluding carboxylic acids is 2. The fraction of sp³-hybridized carbons (Fsp3) is 0.185. The van der Waals surface area contributed by atoms with Gasteiger partial charge >= 0.3 is 5.97 Å². The molecule has 0 aliphatic heterocycles. The molecule has 0 unspecified atom stereocenters. The van der Waals surface area contributed by atoms with Crippen molar-refractivity contribution in [3.8, 4) is 5.75 Å². The Morgan fingerprint density at radius 1 is 0.818 bits per heavy atom. The highest BCUT2D eigenvalue weighted by atomic mass is 16.5. The Labute approximate surface area is 193 Å². The van der Waals surface area contributed by atoms with Gasteiger partial charge in [0.2, 0.25) is 0 Å². The summed E-state index contributed by atoms with van der Waals surface area (Å²) in [6, 6.07) is 24.1. The molecule has 33 heavy (non-hydrogen) atoms. The van der Waals surface area contributed by atoms with Gasteiger partial charge in [0.25, 0.3) is 0 Å². The molecule has 3 aromatic rings. The van der Waals surface area contributed by atoms with Crippen LogP contribution in [0.3, 0.4) is 0 Å². The number of hydrogen-bond donors (Lipinski definition) is 0. The molecule has 0 saturated carbocycles. The summed E-state index contributed by atoms with van der Waals surface area (Å²) in [6.45, 7) is 4.41. The highest BCUT2D eigenvalue weighted by molar-refractivity contribution is 6.40. The van der Waals surface area contributed by atoms with E-state index in [0.29, 0.717) is 23.6 Å². The fourth-order valence-corrected chi connectivity index (χ4v) is 3.24. The number of Topliss-reactive ketones (excluding diaryl/α,β-unsaturated/α-hetero) is 1. The lowest BCUT2D eigenvalue weighted by Gasteiger charge is -2.09. The molecule has 0 aliphatic rings. The predicted molar refractivity (Wildman–Crippen MR) is 129 cm³/mol. The second-order valence-electron chi connectivity index (χ2n) is 7.23. The van der Waals surface area contributed by atoms with Crippen LogP contribution in [0.2, 0.25) is 0 Å². The van der Waals surface area contributed by atoms with Crippen molar-refractivity contribution in [2.45, 2.75) is 20.3 Å². The van der Waals surface area contributed by atoms with E-state index in [-0.39, 0.29) is 17.9 Å². The van der Waals surface area contributed by atoms with Crippen molar-refractivity contribution in [1.82, 2.24) is 0 Å². The van der Waals surface area contributed by atoms with Crippen molar-refractivity contribution >= 4 is 23.2 Å². The van der Waals surface area contributed by atoms with Gasteiger partial charge in [0.05, 0.1) is 20.1 Å². The Morgan fingerprint density at radius 2 is 1.48 bits per heavy atom. The van der Waals surface area contributed by atoms with Gasteiger partial charge in [-0.3, -0.25) is 4.79 Å². The number of esters is 1. The first-order valence-electron chi connectivity index (χ1n) is 10.6. The van der Waals surface area contributed by atoms with Crippen molar-refractivity contribution in [3.63, 3.8) is 0 Å². The SMILES string of the molecule is CCOc1ccc(C(=O)CC(=NN=C(c2ccccc2)c2ccccc2C)C(=O)OC)cc1. The average molecular weight is 443 g/mol. The predicted octanol–water partition coefficient (Wildman–Crippen LogP) is 5.03. The fourth-order valence-electron chi connectivity index (χ4n) is 3.24. The number of benzene rings is 3. The highest BCUT2D eigenvalue weighted by Gasteiger charge is 2.19. The maximum absolute atomic E-state index is 12.8. The van der Waals surface area contributed by atoms with E-state index in [0.717, 1.165) is 16.7 Å². The Hall–Kier alpha value is -4.06. The summed E-state index contributed by atoms with van der Waals surface area (Å²) >= 11 is 0. The number of nitrogens with zero attached hydrogens (tertiary/aromatic N) is 2. The zero-order chi connectivity index (χ0) is 23.6. The third-order valence-corrected chi connectivity index (χ3v) is 4.95. The van der Waals surface area contributed by atoms with Crippen LogP contribution in [-0.2, 0) is 9.53 Å². The molecule has 0 heterocycles. The zero-order valence-corrected chi connectivity index (χ0v) is 18.9. The topological polar surface area (TPSA) is 77.3 Å². The molecule has 0 radical (unpaired) electrons. The summed E-state index contributed by atoms with van der Waals surface area (Å²) in [4.78, 5) is 25.2. The molecule has 0 atom stereocenters. The average Bonchev–Trinajstić information content (AvgIpc) is 2.85. The Kier molecular flexibility index (Phi) is 8.24. The Balaban J connectivity index is 1.96. The van der Waals surface area contributed by atoms with Crippen LogP contribution in [-0.4, -0.2) is 36.9 Å². The molecule has 0 saturated heterocycles. The van der Waals surface area contributed by atoms with Crippen molar-refractivity contribution in [2.75, 3.05) is 13.7 Å². The number of ether oxygens (including phenoxy) is 2. The van der Waals surface area contributed by atoms with E-state index in [1.54, 1.807) is 24.3 Å². The van der Waals surface area contributed by atoms with Crippen LogP contribution in [0, 0.1) is 6.92 Å². The van der Waals surface area contributed by atoms with E-state index in [1.807, 2.05) is 68.4 Å². The van der Waals surface area contributed by atoms with Crippen LogP contribution < -0.4 is 4.74 Å². The molecular weight excluding hydrogens is 416 g/mol. The Morgan fingerprint density at radius 3 is 2.12 bits per heavy atom. The lowest BCUT2D eigenvalue weighted by atomic mass is 9.98. The molecule has 0 fully saturated rings. The summed E-state index contributed by atoms with van der Waals surface area (Å²) in [5.41, 5.74) is 3.72. The molecule has 6 nitrogen and oxygen atoms in total. The van der Waals surface area contributed by atoms with Crippen LogP contribution in [0.15, 0.2) is 89.1 Å². The van der Waals surface area contributed by atoms with E-state index < -0.39 is 5.97 Å². The number of hydrogen-bond acceptors (Lipinski definition) is 6. The van der Waals surface area contributed by atoms with Gasteiger partial charge in [0, 0.05) is 16.7 Å². The van der Waals surface area contributed by atoms with Gasteiger partial charge < -0.3 is 9.47 Å². The summed E-state index contributed by atoms with van der Waals surface area (Å²) in [5, 5.41) is 8.60. The number of ketones is 1. The molecule has 0 amide bonds. The van der Waals surface area contributed by atoms with Gasteiger partial charge in [-0.15, -0.1) is 10.2 Å². The first kappa shape index (κ1) is 23.6. The molecule has 6 heteroatoms. The third-order valence-electron chi connectivity index (χ3n) is 4.95. The van der Waals surface area contributed by atoms with E-state index >= 15 is 0 Å². The minimum Gasteiger partial charge on any atom is -0.494 e. The summed E-state index contributed by atoms with van der Waals surface area (Å²) in [6.07, 6.45) is -0.236. The second kappa shape index (κ2) is 11.5. The van der Waals surface area contributed by atoms with Crippen molar-refractivity contribution in [1.29, 1.82) is 0 Å². The van der Waals surface area contributed by atoms with Gasteiger partial charge in [-0.1, -0.05) is 54.6 Å². The molecule has 3 rings (SSSR count). The molecule has 0 aliphatic carbocycles. The summed E-state index contributed by atoms with van der Waals surface area (Å²) in [5.74, 6) is -0.295. The minimum absolute atomic E-state index is 0.0709. The quantitative estimate of drug-likeness (QED) is 0.201. The lowest BCUT2D eigenvalue weighted by Crippen LogP contribution is -2.20. The highest BCUT2D eigenvalue weighted by Crippen LogP contribution is 2.17. The van der Waals surface area contributed by atoms with Crippen LogP contribution in [0.1, 0.15) is 40.4 Å². The van der Waals surface area contributed by atoms with Crippen LogP contribution in [0.4, 0.5) is 0 Å². The van der Waals surface area contributed by atoms with Crippen LogP contribution in [0.25, 0.3) is 0 Å². The number of methoxy groups -OCH3 is 1. The van der Waals surface area contributed by atoms with Gasteiger partial charge in [-0.05, 0) is 43.7 Å². The minimum atomic E-state index is -0.699. The standard InChI is InChI=1S/C27H26N2O4/c1-4-33-22-16-14-20(15-17-22)25(30)18-24(27(31)32-3)28-29-26(21-11-6-5-7-12-21)23-13-9-8-10-19(23)2/h5-17H,4,18H2,1-3H3. The largest absolute Gasteiger partial charge is 0.494 e. The van der Waals surface area contributed by atoms with E-state index in [2.05, 4.69) is 10.2 Å². The second-order valence-corrected chi connectivity index (χ2v) is 7.23. The normalized spacial score (nSPS) is 11.7. The monoisotopic (exact) mass is 442 g/mol. The number of carbonyl (C=O) groups is 2. The number of aryl methyl sites for hydroxylation is 1. The van der Waals surface area contributed by atoms with Crippen LogP contribution in [0.5, 0.6) is 5.75 Å². The molecule has 168 valence electrons. The van der Waals surface area contributed by atoms with Crippen molar-refractivity contribution in [2.24, 2.45) is 10.2 Å². The Bertz CT molecular complexity index is 1170. The zero-order valence-electron chi connectivity index (χ0n) is 18.9. The first-order valence-corrected chi connectivity index (χ1v) is 10.6. The molecular formula is C27H26N2O4. The molecule has 3 aromatic carbocycles. The number of rotatable bonds is 9. The molecule has 0 aromatic heterocycles. The lowest BCUT2D eigenvalue weighted by molar-refractivity contribution is -0.132. The first-order chi connectivity index (χ1) is 16.0. The van der Waals surface area contributed by atoms with Gasteiger partial charge in [0.1, 0.15) is 11.5 Å². The maximum atomic E-state index is 12.8.